The highest BCUT2D eigenvalue weighted by Gasteiger charge is 2.30. The number of hydrogen-bond acceptors (Lipinski definition) is 3. The van der Waals surface area contributed by atoms with Gasteiger partial charge in [-0.2, -0.15) is 5.26 Å². The van der Waals surface area contributed by atoms with Crippen LogP contribution < -0.4 is 4.74 Å². The van der Waals surface area contributed by atoms with Crippen LogP contribution in [0.4, 0.5) is 0 Å². The van der Waals surface area contributed by atoms with Gasteiger partial charge in [-0.15, -0.1) is 0 Å². The van der Waals surface area contributed by atoms with Crippen molar-refractivity contribution in [1.82, 2.24) is 0 Å². The molecule has 96 valence electrons. The first kappa shape index (κ1) is 13.2. The third-order valence-electron chi connectivity index (χ3n) is 3.34. The third kappa shape index (κ3) is 3.16. The van der Waals surface area contributed by atoms with Gasteiger partial charge in [0.05, 0.1) is 22.3 Å². The Morgan fingerprint density at radius 3 is 2.67 bits per heavy atom. The third-order valence-corrected chi connectivity index (χ3v) is 3.64. The number of nitriles is 1. The second-order valence-electron chi connectivity index (χ2n) is 4.83. The van der Waals surface area contributed by atoms with Crippen LogP contribution in [0.1, 0.15) is 37.7 Å². The lowest BCUT2D eigenvalue weighted by atomic mass is 9.85. The Labute approximate surface area is 112 Å². The van der Waals surface area contributed by atoms with Crippen LogP contribution in [-0.2, 0) is 0 Å². The topological polar surface area (TPSA) is 53.2 Å². The molecule has 1 aromatic rings. The zero-order chi connectivity index (χ0) is 13.0. The molecule has 0 radical (unpaired) electrons. The van der Waals surface area contributed by atoms with Gasteiger partial charge >= 0.3 is 0 Å². The van der Waals surface area contributed by atoms with Gasteiger partial charge in [-0.05, 0) is 31.0 Å². The molecule has 1 N–H and O–H groups in total. The summed E-state index contributed by atoms with van der Waals surface area (Å²) in [7, 11) is 0. The van der Waals surface area contributed by atoms with E-state index in [9.17, 15) is 5.11 Å². The van der Waals surface area contributed by atoms with Crippen LogP contribution in [0.5, 0.6) is 5.75 Å². The first-order chi connectivity index (χ1) is 8.63. The lowest BCUT2D eigenvalue weighted by Gasteiger charge is -2.31. The minimum absolute atomic E-state index is 0.263. The normalized spacial score (nSPS) is 18.1. The average Bonchev–Trinajstić information content (AvgIpc) is 2.38. The van der Waals surface area contributed by atoms with Crippen molar-refractivity contribution in [3.63, 3.8) is 0 Å². The molecular weight excluding hydrogens is 250 g/mol. The Kier molecular flexibility index (Phi) is 4.11. The summed E-state index contributed by atoms with van der Waals surface area (Å²) < 4.78 is 5.59. The highest BCUT2D eigenvalue weighted by Crippen LogP contribution is 2.31. The van der Waals surface area contributed by atoms with E-state index in [0.29, 0.717) is 16.3 Å². The second-order valence-corrected chi connectivity index (χ2v) is 5.24. The predicted molar refractivity (Wildman–Crippen MR) is 69.7 cm³/mol. The lowest BCUT2D eigenvalue weighted by molar-refractivity contribution is -0.0338. The lowest BCUT2D eigenvalue weighted by Crippen LogP contribution is -2.37. The average molecular weight is 266 g/mol. The number of rotatable bonds is 3. The minimum Gasteiger partial charge on any atom is -0.489 e. The highest BCUT2D eigenvalue weighted by atomic mass is 35.5. The van der Waals surface area contributed by atoms with E-state index < -0.39 is 5.60 Å². The monoisotopic (exact) mass is 265 g/mol. The predicted octanol–water partition coefficient (Wildman–Crippen LogP) is 3.29. The molecule has 0 atom stereocenters. The molecule has 2 rings (SSSR count). The van der Waals surface area contributed by atoms with Gasteiger partial charge in [0.1, 0.15) is 12.4 Å². The fourth-order valence-corrected chi connectivity index (χ4v) is 2.49. The van der Waals surface area contributed by atoms with Gasteiger partial charge in [0.15, 0.2) is 0 Å². The standard InChI is InChI=1S/C14H16ClNO2/c15-12-8-11(9-16)4-5-13(12)18-10-14(17)6-2-1-3-7-14/h4-5,8,17H,1-3,6-7,10H2. The minimum atomic E-state index is -0.727. The van der Waals surface area contributed by atoms with Crippen molar-refractivity contribution in [1.29, 1.82) is 5.26 Å². The molecule has 0 amide bonds. The summed E-state index contributed by atoms with van der Waals surface area (Å²) in [5.41, 5.74) is -0.223. The maximum absolute atomic E-state index is 10.3. The van der Waals surface area contributed by atoms with Crippen molar-refractivity contribution in [2.24, 2.45) is 0 Å². The van der Waals surface area contributed by atoms with Gasteiger partial charge in [-0.25, -0.2) is 0 Å². The van der Waals surface area contributed by atoms with Crippen LogP contribution in [0, 0.1) is 11.3 Å². The summed E-state index contributed by atoms with van der Waals surface area (Å²) >= 11 is 6.01. The largest absolute Gasteiger partial charge is 0.489 e. The van der Waals surface area contributed by atoms with Crippen LogP contribution >= 0.6 is 11.6 Å². The fourth-order valence-electron chi connectivity index (χ4n) is 2.25. The van der Waals surface area contributed by atoms with Gasteiger partial charge < -0.3 is 9.84 Å². The summed E-state index contributed by atoms with van der Waals surface area (Å²) in [5, 5.41) is 19.5. The van der Waals surface area contributed by atoms with Crippen molar-refractivity contribution < 1.29 is 9.84 Å². The molecule has 0 spiro atoms. The molecule has 3 nitrogen and oxygen atoms in total. The SMILES string of the molecule is N#Cc1ccc(OCC2(O)CCCCC2)c(Cl)c1. The van der Waals surface area contributed by atoms with Crippen LogP contribution in [0.3, 0.4) is 0 Å². The van der Waals surface area contributed by atoms with Gasteiger partial charge in [-0.1, -0.05) is 30.9 Å². The van der Waals surface area contributed by atoms with E-state index in [1.165, 1.54) is 6.42 Å². The Balaban J connectivity index is 2.00. The molecule has 0 bridgehead atoms. The Morgan fingerprint density at radius 2 is 2.06 bits per heavy atom. The molecule has 1 aliphatic rings. The number of benzene rings is 1. The molecule has 0 aromatic heterocycles. The van der Waals surface area contributed by atoms with Crippen molar-refractivity contribution in [2.75, 3.05) is 6.61 Å². The summed E-state index contributed by atoms with van der Waals surface area (Å²) in [6.07, 6.45) is 4.82. The summed E-state index contributed by atoms with van der Waals surface area (Å²) in [6.45, 7) is 0.263. The van der Waals surface area contributed by atoms with Crippen LogP contribution in [0.15, 0.2) is 18.2 Å². The van der Waals surface area contributed by atoms with Crippen LogP contribution in [0.25, 0.3) is 0 Å². The number of ether oxygens (including phenoxy) is 1. The Bertz CT molecular complexity index is 461. The van der Waals surface area contributed by atoms with E-state index in [1.54, 1.807) is 18.2 Å². The van der Waals surface area contributed by atoms with E-state index in [4.69, 9.17) is 21.6 Å². The highest BCUT2D eigenvalue weighted by molar-refractivity contribution is 6.32. The quantitative estimate of drug-likeness (QED) is 0.912. The first-order valence-corrected chi connectivity index (χ1v) is 6.56. The maximum atomic E-state index is 10.3. The van der Waals surface area contributed by atoms with Crippen molar-refractivity contribution in [3.8, 4) is 11.8 Å². The summed E-state index contributed by atoms with van der Waals surface area (Å²) in [5.74, 6) is 0.523. The molecule has 1 aromatic carbocycles. The van der Waals surface area contributed by atoms with Crippen molar-refractivity contribution in [3.05, 3.63) is 28.8 Å². The maximum Gasteiger partial charge on any atom is 0.138 e. The van der Waals surface area contributed by atoms with Gasteiger partial charge in [0, 0.05) is 0 Å². The van der Waals surface area contributed by atoms with E-state index in [-0.39, 0.29) is 6.61 Å². The number of aliphatic hydroxyl groups is 1. The van der Waals surface area contributed by atoms with E-state index >= 15 is 0 Å². The fraction of sp³-hybridized carbons (Fsp3) is 0.500. The molecule has 1 fully saturated rings. The molecule has 4 heteroatoms. The van der Waals surface area contributed by atoms with Gasteiger partial charge in [0.2, 0.25) is 0 Å². The van der Waals surface area contributed by atoms with E-state index in [1.807, 2.05) is 6.07 Å². The van der Waals surface area contributed by atoms with Crippen molar-refractivity contribution >= 4 is 11.6 Å². The number of nitrogens with zero attached hydrogens (tertiary/aromatic N) is 1. The van der Waals surface area contributed by atoms with Gasteiger partial charge in [-0.3, -0.25) is 0 Å². The van der Waals surface area contributed by atoms with Crippen LogP contribution in [0.2, 0.25) is 5.02 Å². The molecule has 0 heterocycles. The summed E-state index contributed by atoms with van der Waals surface area (Å²) in [6, 6.07) is 6.92. The molecule has 1 saturated carbocycles. The zero-order valence-electron chi connectivity index (χ0n) is 10.2. The molecule has 0 unspecified atom stereocenters. The van der Waals surface area contributed by atoms with E-state index in [0.717, 1.165) is 25.7 Å². The van der Waals surface area contributed by atoms with Crippen molar-refractivity contribution in [2.45, 2.75) is 37.7 Å². The first-order valence-electron chi connectivity index (χ1n) is 6.18. The van der Waals surface area contributed by atoms with Crippen LogP contribution in [-0.4, -0.2) is 17.3 Å². The Morgan fingerprint density at radius 1 is 1.33 bits per heavy atom. The smallest absolute Gasteiger partial charge is 0.138 e. The molecular formula is C14H16ClNO2. The zero-order valence-corrected chi connectivity index (χ0v) is 10.9. The number of halogens is 1. The Hall–Kier alpha value is -1.24. The molecule has 18 heavy (non-hydrogen) atoms. The molecule has 0 aliphatic heterocycles. The molecule has 0 saturated heterocycles. The second kappa shape index (κ2) is 5.60. The van der Waals surface area contributed by atoms with E-state index in [2.05, 4.69) is 0 Å². The summed E-state index contributed by atoms with van der Waals surface area (Å²) in [4.78, 5) is 0. The molecule has 1 aliphatic carbocycles. The van der Waals surface area contributed by atoms with Gasteiger partial charge in [0.25, 0.3) is 0 Å². The number of hydrogen-bond donors (Lipinski definition) is 1.